The van der Waals surface area contributed by atoms with Crippen LogP contribution >= 0.6 is 11.6 Å². The normalized spacial score (nSPS) is 16.9. The molecule has 2 heterocycles. The molecule has 1 fully saturated rings. The molecule has 0 unspecified atom stereocenters. The fraction of sp³-hybridized carbons (Fsp3) is 0.214. The van der Waals surface area contributed by atoms with Gasteiger partial charge in [-0.05, 0) is 49.0 Å². The molecular weight excluding hydrogens is 554 g/mol. The lowest BCUT2D eigenvalue weighted by Gasteiger charge is -2.32. The molecule has 3 aromatic rings. The lowest BCUT2D eigenvalue weighted by molar-refractivity contribution is -0.110. The van der Waals surface area contributed by atoms with Gasteiger partial charge in [-0.2, -0.15) is 0 Å². The van der Waals surface area contributed by atoms with Gasteiger partial charge in [-0.25, -0.2) is 8.42 Å². The second-order valence-electron chi connectivity index (χ2n) is 9.49. The zero-order valence-corrected chi connectivity index (χ0v) is 23.5. The Morgan fingerprint density at radius 1 is 0.975 bits per heavy atom. The van der Waals surface area contributed by atoms with Crippen molar-refractivity contribution < 1.29 is 22.8 Å². The van der Waals surface area contributed by atoms with Crippen molar-refractivity contribution in [3.63, 3.8) is 0 Å². The van der Waals surface area contributed by atoms with E-state index in [-0.39, 0.29) is 21.4 Å². The highest BCUT2D eigenvalue weighted by Crippen LogP contribution is 2.41. The Hall–Kier alpha value is -3.74. The van der Waals surface area contributed by atoms with Gasteiger partial charge in [0.1, 0.15) is 4.90 Å². The first-order valence-electron chi connectivity index (χ1n) is 12.5. The lowest BCUT2D eigenvalue weighted by atomic mass is 10.00. The zero-order chi connectivity index (χ0) is 28.4. The molecule has 0 saturated carbocycles. The monoisotopic (exact) mass is 581 g/mol. The number of fused-ring (bicyclic) bond motifs is 1. The molecule has 5 rings (SSSR count). The molecule has 1 saturated heterocycles. The van der Waals surface area contributed by atoms with Crippen molar-refractivity contribution in [2.45, 2.75) is 4.90 Å². The Morgan fingerprint density at radius 2 is 1.65 bits per heavy atom. The molecule has 0 aliphatic carbocycles. The van der Waals surface area contributed by atoms with Crippen LogP contribution in [-0.2, 0) is 19.7 Å². The van der Waals surface area contributed by atoms with Crippen molar-refractivity contribution in [2.75, 3.05) is 51.0 Å². The molecule has 3 N–H and O–H groups in total. The summed E-state index contributed by atoms with van der Waals surface area (Å²) in [5, 5.41) is 6.03. The second-order valence-corrected chi connectivity index (χ2v) is 11.5. The van der Waals surface area contributed by atoms with Gasteiger partial charge in [-0.1, -0.05) is 46.8 Å². The number of nitrogens with zero attached hydrogens (tertiary/aromatic N) is 2. The molecule has 2 amide bonds. The van der Waals surface area contributed by atoms with Crippen molar-refractivity contribution in [1.29, 1.82) is 0 Å². The van der Waals surface area contributed by atoms with Gasteiger partial charge in [0, 0.05) is 43.0 Å². The molecule has 40 heavy (non-hydrogen) atoms. The SMILES string of the molecule is CONS(=O)(=O)c1cc2c(cc1Cl)NC(=O)/C2=C(\Nc1ccc(C(=O)N2CCN(C)CC2)cc1)c1ccccc1. The number of likely N-dealkylation sites (N-methyl/N-ethyl adjacent to an activating group) is 1. The van der Waals surface area contributed by atoms with Crippen LogP contribution in [0.2, 0.25) is 5.02 Å². The summed E-state index contributed by atoms with van der Waals surface area (Å²) in [6.45, 7) is 3.02. The molecule has 0 aromatic heterocycles. The number of rotatable bonds is 7. The fourth-order valence-electron chi connectivity index (χ4n) is 4.70. The number of sulfonamides is 1. The van der Waals surface area contributed by atoms with Crippen LogP contribution in [0.25, 0.3) is 11.3 Å². The molecule has 0 radical (unpaired) electrons. The highest BCUT2D eigenvalue weighted by molar-refractivity contribution is 7.89. The third-order valence-electron chi connectivity index (χ3n) is 6.80. The summed E-state index contributed by atoms with van der Waals surface area (Å²) in [4.78, 5) is 36.6. The van der Waals surface area contributed by atoms with Crippen LogP contribution in [0, 0.1) is 0 Å². The van der Waals surface area contributed by atoms with Crippen LogP contribution in [-0.4, -0.2) is 70.4 Å². The fourth-order valence-corrected chi connectivity index (χ4v) is 6.06. The second kappa shape index (κ2) is 11.4. The van der Waals surface area contributed by atoms with E-state index < -0.39 is 15.9 Å². The minimum atomic E-state index is -4.10. The van der Waals surface area contributed by atoms with Crippen LogP contribution in [0.1, 0.15) is 21.5 Å². The van der Waals surface area contributed by atoms with E-state index in [9.17, 15) is 18.0 Å². The van der Waals surface area contributed by atoms with Gasteiger partial charge in [0.05, 0.1) is 29.1 Å². The minimum absolute atomic E-state index is 0.0272. The quantitative estimate of drug-likeness (QED) is 0.288. The number of carbonyl (C=O) groups is 2. The molecule has 12 heteroatoms. The average Bonchev–Trinajstić information content (AvgIpc) is 3.26. The van der Waals surface area contributed by atoms with E-state index in [2.05, 4.69) is 20.4 Å². The van der Waals surface area contributed by atoms with E-state index in [1.54, 1.807) is 24.3 Å². The topological polar surface area (TPSA) is 120 Å². The molecule has 0 spiro atoms. The van der Waals surface area contributed by atoms with E-state index in [1.165, 1.54) is 19.2 Å². The molecule has 2 aliphatic heterocycles. The summed E-state index contributed by atoms with van der Waals surface area (Å²) in [6, 6.07) is 19.0. The van der Waals surface area contributed by atoms with Crippen LogP contribution in [0.15, 0.2) is 71.6 Å². The third kappa shape index (κ3) is 5.60. The molecule has 10 nitrogen and oxygen atoms in total. The first-order valence-corrected chi connectivity index (χ1v) is 14.4. The van der Waals surface area contributed by atoms with E-state index in [1.807, 2.05) is 47.2 Å². The van der Waals surface area contributed by atoms with Crippen molar-refractivity contribution in [3.8, 4) is 0 Å². The van der Waals surface area contributed by atoms with Crippen molar-refractivity contribution in [2.24, 2.45) is 0 Å². The first kappa shape index (κ1) is 27.8. The predicted molar refractivity (Wildman–Crippen MR) is 154 cm³/mol. The number of hydrogen-bond donors (Lipinski definition) is 3. The van der Waals surface area contributed by atoms with E-state index in [0.29, 0.717) is 46.9 Å². The number of halogens is 1. The summed E-state index contributed by atoms with van der Waals surface area (Å²) < 4.78 is 25.4. The van der Waals surface area contributed by atoms with E-state index >= 15 is 0 Å². The largest absolute Gasteiger partial charge is 0.354 e. The van der Waals surface area contributed by atoms with Gasteiger partial charge in [-0.3, -0.25) is 14.4 Å². The summed E-state index contributed by atoms with van der Waals surface area (Å²) in [6.07, 6.45) is 0. The maximum absolute atomic E-state index is 13.3. The lowest BCUT2D eigenvalue weighted by Crippen LogP contribution is -2.47. The Balaban J connectivity index is 1.54. The molecule has 208 valence electrons. The zero-order valence-electron chi connectivity index (χ0n) is 21.9. The smallest absolute Gasteiger partial charge is 0.263 e. The Labute approximate surface area is 237 Å². The Morgan fingerprint density at radius 3 is 2.30 bits per heavy atom. The number of carbonyl (C=O) groups excluding carboxylic acids is 2. The third-order valence-corrected chi connectivity index (χ3v) is 8.53. The highest BCUT2D eigenvalue weighted by atomic mass is 35.5. The van der Waals surface area contributed by atoms with E-state index in [0.717, 1.165) is 13.1 Å². The van der Waals surface area contributed by atoms with Crippen LogP contribution in [0.4, 0.5) is 11.4 Å². The van der Waals surface area contributed by atoms with Gasteiger partial charge in [-0.15, -0.1) is 0 Å². The number of amides is 2. The number of hydrogen-bond acceptors (Lipinski definition) is 7. The number of benzene rings is 3. The summed E-state index contributed by atoms with van der Waals surface area (Å²) >= 11 is 6.26. The standard InChI is InChI=1S/C28H28ClN5O5S/c1-33-12-14-34(15-13-33)28(36)19-8-10-20(11-9-19)30-26(18-6-4-3-5-7-18)25-21-16-24(40(37,38)32-39-2)22(29)17-23(21)31-27(25)35/h3-11,16-17,30,32H,12-15H2,1-2H3,(H,31,35)/b26-25-. The van der Waals surface area contributed by atoms with Gasteiger partial charge in [0.2, 0.25) is 0 Å². The Bertz CT molecular complexity index is 1590. The van der Waals surface area contributed by atoms with Gasteiger partial charge in [0.15, 0.2) is 0 Å². The van der Waals surface area contributed by atoms with Gasteiger partial charge < -0.3 is 20.4 Å². The highest BCUT2D eigenvalue weighted by Gasteiger charge is 2.32. The maximum atomic E-state index is 13.3. The predicted octanol–water partition coefficient (Wildman–Crippen LogP) is 3.50. The van der Waals surface area contributed by atoms with Crippen molar-refractivity contribution >= 4 is 56.1 Å². The maximum Gasteiger partial charge on any atom is 0.263 e. The molecule has 2 aliphatic rings. The van der Waals surface area contributed by atoms with Crippen LogP contribution in [0.3, 0.4) is 0 Å². The minimum Gasteiger partial charge on any atom is -0.354 e. The Kier molecular flexibility index (Phi) is 7.92. The van der Waals surface area contributed by atoms with Crippen LogP contribution in [0.5, 0.6) is 0 Å². The summed E-state index contributed by atoms with van der Waals surface area (Å²) in [5.74, 6) is -0.450. The molecule has 3 aromatic carbocycles. The van der Waals surface area contributed by atoms with E-state index in [4.69, 9.17) is 11.6 Å². The van der Waals surface area contributed by atoms with Crippen molar-refractivity contribution in [1.82, 2.24) is 14.7 Å². The number of anilines is 2. The van der Waals surface area contributed by atoms with Gasteiger partial charge >= 0.3 is 0 Å². The van der Waals surface area contributed by atoms with Gasteiger partial charge in [0.25, 0.3) is 21.8 Å². The molecular formula is C28H28ClN5O5S. The first-order chi connectivity index (χ1) is 19.2. The van der Waals surface area contributed by atoms with Crippen molar-refractivity contribution in [3.05, 3.63) is 88.4 Å². The summed E-state index contributed by atoms with van der Waals surface area (Å²) in [7, 11) is -0.889. The molecule has 0 atom stereocenters. The average molecular weight is 582 g/mol. The number of piperazine rings is 1. The number of nitrogens with one attached hydrogen (secondary N) is 3. The summed E-state index contributed by atoms with van der Waals surface area (Å²) in [5.41, 5.74) is 3.36. The van der Waals surface area contributed by atoms with Crippen LogP contribution < -0.4 is 15.5 Å². The molecule has 0 bridgehead atoms.